The minimum Gasteiger partial charge on any atom is -0.364 e. The second-order valence-electron chi connectivity index (χ2n) is 7.01. The summed E-state index contributed by atoms with van der Waals surface area (Å²) in [5, 5.41) is 3.72. The van der Waals surface area contributed by atoms with Crippen LogP contribution in [0.4, 0.5) is 5.82 Å². The highest BCUT2D eigenvalue weighted by atomic mass is 15.2. The van der Waals surface area contributed by atoms with Gasteiger partial charge in [-0.1, -0.05) is 18.2 Å². The molecule has 5 nitrogen and oxygen atoms in total. The predicted octanol–water partition coefficient (Wildman–Crippen LogP) is 3.20. The molecule has 1 N–H and O–H groups in total. The number of hydrogen-bond donors (Lipinski definition) is 1. The van der Waals surface area contributed by atoms with Crippen LogP contribution in [0.25, 0.3) is 22.4 Å². The summed E-state index contributed by atoms with van der Waals surface area (Å²) in [4.78, 5) is 16.8. The molecule has 3 fully saturated rings. The molecule has 1 atom stereocenters. The topological polar surface area (TPSA) is 53.9 Å². The molecule has 0 unspecified atom stereocenters. The lowest BCUT2D eigenvalue weighted by atomic mass is 9.84. The van der Waals surface area contributed by atoms with Crippen LogP contribution >= 0.6 is 0 Å². The van der Waals surface area contributed by atoms with Crippen LogP contribution in [0, 0.1) is 5.92 Å². The fraction of sp³-hybridized carbons (Fsp3) is 0.350. The zero-order valence-electron chi connectivity index (χ0n) is 14.1. The van der Waals surface area contributed by atoms with Gasteiger partial charge in [-0.25, -0.2) is 9.97 Å². The van der Waals surface area contributed by atoms with Gasteiger partial charge in [-0.2, -0.15) is 0 Å². The highest BCUT2D eigenvalue weighted by Gasteiger charge is 2.34. The molecule has 3 aliphatic heterocycles. The number of nitrogens with one attached hydrogen (secondary N) is 1. The van der Waals surface area contributed by atoms with Crippen molar-refractivity contribution >= 4 is 16.9 Å². The van der Waals surface area contributed by atoms with Gasteiger partial charge < -0.3 is 10.2 Å². The normalized spacial score (nSPS) is 25.2. The van der Waals surface area contributed by atoms with Gasteiger partial charge in [-0.3, -0.25) is 4.98 Å². The van der Waals surface area contributed by atoms with E-state index in [0.29, 0.717) is 6.04 Å². The van der Waals surface area contributed by atoms with E-state index in [1.54, 1.807) is 0 Å². The first kappa shape index (κ1) is 14.8. The SMILES string of the molecule is c1ccc(-c2nc3ccccc3nc2N[C@@H]2CN3CCC2CC3)nc1. The molecule has 1 aromatic carbocycles. The standard InChI is InChI=1S/C20H21N5/c1-2-6-16-15(5-1)22-19(17-7-3-4-10-21-17)20(23-16)24-18-13-25-11-8-14(18)9-12-25/h1-7,10,14,18H,8-9,11-13H2,(H,23,24)/t18-/m1/s1. The molecule has 3 saturated heterocycles. The van der Waals surface area contributed by atoms with E-state index in [1.165, 1.54) is 25.9 Å². The van der Waals surface area contributed by atoms with Gasteiger partial charge in [0.2, 0.25) is 0 Å². The molecule has 3 aromatic rings. The maximum atomic E-state index is 4.90. The average molecular weight is 331 g/mol. The van der Waals surface area contributed by atoms with Crippen LogP contribution in [0.2, 0.25) is 0 Å². The van der Waals surface area contributed by atoms with Crippen molar-refractivity contribution in [3.8, 4) is 11.4 Å². The summed E-state index contributed by atoms with van der Waals surface area (Å²) in [5.41, 5.74) is 3.54. The number of anilines is 1. The van der Waals surface area contributed by atoms with E-state index in [9.17, 15) is 0 Å². The van der Waals surface area contributed by atoms with E-state index in [0.717, 1.165) is 40.7 Å². The number of piperidine rings is 3. The summed E-state index contributed by atoms with van der Waals surface area (Å²) < 4.78 is 0. The lowest BCUT2D eigenvalue weighted by Gasteiger charge is -2.45. The second-order valence-corrected chi connectivity index (χ2v) is 7.01. The molecule has 25 heavy (non-hydrogen) atoms. The summed E-state index contributed by atoms with van der Waals surface area (Å²) in [5.74, 6) is 1.59. The van der Waals surface area contributed by atoms with Crippen molar-refractivity contribution in [3.63, 3.8) is 0 Å². The van der Waals surface area contributed by atoms with Crippen LogP contribution in [-0.2, 0) is 0 Å². The summed E-state index contributed by atoms with van der Waals surface area (Å²) in [6.07, 6.45) is 4.36. The maximum Gasteiger partial charge on any atom is 0.155 e. The molecule has 0 spiro atoms. The Bertz CT molecular complexity index is 887. The first-order valence-corrected chi connectivity index (χ1v) is 9.04. The van der Waals surface area contributed by atoms with Crippen LogP contribution in [0.1, 0.15) is 12.8 Å². The Labute approximate surface area is 147 Å². The lowest BCUT2D eigenvalue weighted by molar-refractivity contribution is 0.0974. The van der Waals surface area contributed by atoms with Crippen molar-refractivity contribution in [1.29, 1.82) is 0 Å². The van der Waals surface area contributed by atoms with Crippen LogP contribution < -0.4 is 5.32 Å². The van der Waals surface area contributed by atoms with E-state index in [1.807, 2.05) is 48.7 Å². The third kappa shape index (κ3) is 2.74. The van der Waals surface area contributed by atoms with Crippen LogP contribution in [0.3, 0.4) is 0 Å². The minimum atomic E-state index is 0.445. The average Bonchev–Trinajstić information content (AvgIpc) is 2.69. The highest BCUT2D eigenvalue weighted by molar-refractivity contribution is 5.82. The van der Waals surface area contributed by atoms with Crippen molar-refractivity contribution in [3.05, 3.63) is 48.7 Å². The Morgan fingerprint density at radius 2 is 1.68 bits per heavy atom. The van der Waals surface area contributed by atoms with E-state index >= 15 is 0 Å². The Hall–Kier alpha value is -2.53. The molecule has 0 saturated carbocycles. The Morgan fingerprint density at radius 1 is 0.920 bits per heavy atom. The Morgan fingerprint density at radius 3 is 2.36 bits per heavy atom. The van der Waals surface area contributed by atoms with Gasteiger partial charge in [0.25, 0.3) is 0 Å². The van der Waals surface area contributed by atoms with Crippen molar-refractivity contribution in [2.75, 3.05) is 25.0 Å². The first-order valence-electron chi connectivity index (χ1n) is 9.04. The Kier molecular flexibility index (Phi) is 3.59. The van der Waals surface area contributed by atoms with Gasteiger partial charge in [-0.05, 0) is 56.1 Å². The molecule has 2 bridgehead atoms. The number of benzene rings is 1. The van der Waals surface area contributed by atoms with Gasteiger partial charge in [0.15, 0.2) is 5.82 Å². The van der Waals surface area contributed by atoms with Crippen molar-refractivity contribution in [1.82, 2.24) is 19.9 Å². The number of nitrogens with zero attached hydrogens (tertiary/aromatic N) is 4. The van der Waals surface area contributed by atoms with Gasteiger partial charge in [0.05, 0.1) is 16.7 Å². The fourth-order valence-corrected chi connectivity index (χ4v) is 4.09. The first-order chi connectivity index (χ1) is 12.4. The third-order valence-corrected chi connectivity index (χ3v) is 5.46. The molecular formula is C20H21N5. The van der Waals surface area contributed by atoms with E-state index in [4.69, 9.17) is 9.97 Å². The number of hydrogen-bond acceptors (Lipinski definition) is 5. The number of rotatable bonds is 3. The minimum absolute atomic E-state index is 0.445. The monoisotopic (exact) mass is 331 g/mol. The lowest BCUT2D eigenvalue weighted by Crippen LogP contribution is -2.53. The molecule has 0 amide bonds. The van der Waals surface area contributed by atoms with Crippen molar-refractivity contribution < 1.29 is 0 Å². The molecule has 0 radical (unpaired) electrons. The summed E-state index contributed by atoms with van der Waals surface area (Å²) >= 11 is 0. The quantitative estimate of drug-likeness (QED) is 0.799. The van der Waals surface area contributed by atoms with Gasteiger partial charge in [-0.15, -0.1) is 0 Å². The summed E-state index contributed by atoms with van der Waals surface area (Å²) in [6.45, 7) is 3.57. The molecule has 0 aliphatic carbocycles. The Balaban J connectivity index is 1.58. The molecule has 3 aliphatic rings. The van der Waals surface area contributed by atoms with Gasteiger partial charge >= 0.3 is 0 Å². The van der Waals surface area contributed by atoms with Gasteiger partial charge in [0.1, 0.15) is 5.69 Å². The molecule has 5 heteroatoms. The largest absolute Gasteiger partial charge is 0.364 e. The van der Waals surface area contributed by atoms with Crippen molar-refractivity contribution in [2.45, 2.75) is 18.9 Å². The second kappa shape index (κ2) is 6.08. The van der Waals surface area contributed by atoms with Crippen LogP contribution in [0.5, 0.6) is 0 Å². The zero-order valence-corrected chi connectivity index (χ0v) is 14.1. The van der Waals surface area contributed by atoms with Crippen LogP contribution in [-0.4, -0.2) is 45.5 Å². The molecular weight excluding hydrogens is 310 g/mol. The number of para-hydroxylation sites is 2. The summed E-state index contributed by atoms with van der Waals surface area (Å²) in [6, 6.07) is 14.4. The fourth-order valence-electron chi connectivity index (χ4n) is 4.09. The smallest absolute Gasteiger partial charge is 0.155 e. The highest BCUT2D eigenvalue weighted by Crippen LogP contribution is 2.32. The molecule has 6 rings (SSSR count). The van der Waals surface area contributed by atoms with E-state index < -0.39 is 0 Å². The number of aromatic nitrogens is 3. The van der Waals surface area contributed by atoms with Crippen molar-refractivity contribution in [2.24, 2.45) is 5.92 Å². The van der Waals surface area contributed by atoms with Crippen LogP contribution in [0.15, 0.2) is 48.7 Å². The zero-order chi connectivity index (χ0) is 16.6. The summed E-state index contributed by atoms with van der Waals surface area (Å²) in [7, 11) is 0. The predicted molar refractivity (Wildman–Crippen MR) is 99.3 cm³/mol. The maximum absolute atomic E-state index is 4.90. The third-order valence-electron chi connectivity index (χ3n) is 5.46. The molecule has 126 valence electrons. The molecule has 5 heterocycles. The number of pyridine rings is 1. The number of fused-ring (bicyclic) bond motifs is 4. The van der Waals surface area contributed by atoms with Gasteiger partial charge in [0, 0.05) is 18.8 Å². The molecule has 2 aromatic heterocycles. The van der Waals surface area contributed by atoms with E-state index in [-0.39, 0.29) is 0 Å². The van der Waals surface area contributed by atoms with E-state index in [2.05, 4.69) is 15.2 Å².